The molecule has 0 bridgehead atoms. The molecule has 1 heterocycles. The molecule has 0 aromatic carbocycles. The summed E-state index contributed by atoms with van der Waals surface area (Å²) in [5, 5.41) is 0. The first-order valence-electron chi connectivity index (χ1n) is 8.41. The standard InChI is InChI=1S/C16H35N3/c1-3-8-16(2)15-19-12-7-11-18(13-14-19)10-6-4-5-9-17/h16H,3-15,17H2,1-2H3. The predicted octanol–water partition coefficient (Wildman–Crippen LogP) is 2.56. The molecule has 2 N–H and O–H groups in total. The number of nitrogens with two attached hydrogens (primary N) is 1. The molecule has 1 unspecified atom stereocenters. The second-order valence-electron chi connectivity index (χ2n) is 6.24. The molecule has 0 spiro atoms. The highest BCUT2D eigenvalue weighted by molar-refractivity contribution is 4.71. The zero-order valence-electron chi connectivity index (χ0n) is 13.2. The summed E-state index contributed by atoms with van der Waals surface area (Å²) in [5.41, 5.74) is 5.54. The van der Waals surface area contributed by atoms with Crippen LogP contribution in [0.1, 0.15) is 52.4 Å². The average Bonchev–Trinajstić information content (AvgIpc) is 2.61. The maximum absolute atomic E-state index is 5.54. The Balaban J connectivity index is 2.16. The fraction of sp³-hybridized carbons (Fsp3) is 1.00. The second-order valence-corrected chi connectivity index (χ2v) is 6.24. The van der Waals surface area contributed by atoms with E-state index in [9.17, 15) is 0 Å². The van der Waals surface area contributed by atoms with E-state index in [1.807, 2.05) is 0 Å². The molecule has 0 radical (unpaired) electrons. The first kappa shape index (κ1) is 16.9. The van der Waals surface area contributed by atoms with E-state index in [-0.39, 0.29) is 0 Å². The third kappa shape index (κ3) is 7.91. The topological polar surface area (TPSA) is 32.5 Å². The molecule has 0 aromatic heterocycles. The van der Waals surface area contributed by atoms with Crippen molar-refractivity contribution in [3.63, 3.8) is 0 Å². The molecule has 3 heteroatoms. The number of unbranched alkanes of at least 4 members (excludes halogenated alkanes) is 2. The van der Waals surface area contributed by atoms with Crippen LogP contribution in [-0.4, -0.2) is 55.6 Å². The maximum atomic E-state index is 5.54. The van der Waals surface area contributed by atoms with Gasteiger partial charge in [0.1, 0.15) is 0 Å². The van der Waals surface area contributed by atoms with Crippen molar-refractivity contribution in [2.45, 2.75) is 52.4 Å². The van der Waals surface area contributed by atoms with E-state index >= 15 is 0 Å². The zero-order chi connectivity index (χ0) is 13.9. The highest BCUT2D eigenvalue weighted by Crippen LogP contribution is 2.11. The smallest absolute Gasteiger partial charge is 0.0109 e. The Morgan fingerprint density at radius 3 is 2.47 bits per heavy atom. The first-order valence-corrected chi connectivity index (χ1v) is 8.41. The van der Waals surface area contributed by atoms with Gasteiger partial charge >= 0.3 is 0 Å². The minimum absolute atomic E-state index is 0.850. The van der Waals surface area contributed by atoms with Crippen LogP contribution in [0.3, 0.4) is 0 Å². The van der Waals surface area contributed by atoms with Gasteiger partial charge in [0.15, 0.2) is 0 Å². The second kappa shape index (κ2) is 10.6. The fourth-order valence-electron chi connectivity index (χ4n) is 3.11. The van der Waals surface area contributed by atoms with Crippen molar-refractivity contribution in [3.05, 3.63) is 0 Å². The van der Waals surface area contributed by atoms with Gasteiger partial charge in [0.25, 0.3) is 0 Å². The van der Waals surface area contributed by atoms with Crippen molar-refractivity contribution < 1.29 is 0 Å². The highest BCUT2D eigenvalue weighted by Gasteiger charge is 2.15. The summed E-state index contributed by atoms with van der Waals surface area (Å²) in [4.78, 5) is 5.33. The summed E-state index contributed by atoms with van der Waals surface area (Å²) < 4.78 is 0. The minimum Gasteiger partial charge on any atom is -0.330 e. The van der Waals surface area contributed by atoms with Gasteiger partial charge in [-0.05, 0) is 57.8 Å². The van der Waals surface area contributed by atoms with Gasteiger partial charge in [0, 0.05) is 19.6 Å². The van der Waals surface area contributed by atoms with Gasteiger partial charge in [-0.3, -0.25) is 0 Å². The van der Waals surface area contributed by atoms with Gasteiger partial charge in [-0.1, -0.05) is 26.7 Å². The monoisotopic (exact) mass is 269 g/mol. The van der Waals surface area contributed by atoms with E-state index in [1.54, 1.807) is 0 Å². The molecule has 0 saturated carbocycles. The van der Waals surface area contributed by atoms with E-state index in [4.69, 9.17) is 5.73 Å². The number of hydrogen-bond donors (Lipinski definition) is 1. The lowest BCUT2D eigenvalue weighted by Gasteiger charge is -2.24. The van der Waals surface area contributed by atoms with Crippen LogP contribution < -0.4 is 5.73 Å². The fourth-order valence-corrected chi connectivity index (χ4v) is 3.11. The molecule has 0 amide bonds. The Morgan fingerprint density at radius 2 is 1.74 bits per heavy atom. The summed E-state index contributed by atoms with van der Waals surface area (Å²) >= 11 is 0. The molecule has 1 rings (SSSR count). The lowest BCUT2D eigenvalue weighted by atomic mass is 10.1. The van der Waals surface area contributed by atoms with Gasteiger partial charge < -0.3 is 15.5 Å². The molecule has 114 valence electrons. The van der Waals surface area contributed by atoms with Crippen LogP contribution in [0.5, 0.6) is 0 Å². The molecule has 0 aromatic rings. The van der Waals surface area contributed by atoms with Crippen LogP contribution in [0, 0.1) is 5.92 Å². The molecule has 0 aliphatic carbocycles. The van der Waals surface area contributed by atoms with E-state index < -0.39 is 0 Å². The average molecular weight is 269 g/mol. The van der Waals surface area contributed by atoms with Crippen LogP contribution in [0.25, 0.3) is 0 Å². The first-order chi connectivity index (χ1) is 9.26. The SMILES string of the molecule is CCCC(C)CN1CCCN(CCCCCN)CC1. The van der Waals surface area contributed by atoms with Crippen molar-refractivity contribution in [3.8, 4) is 0 Å². The highest BCUT2D eigenvalue weighted by atomic mass is 15.2. The largest absolute Gasteiger partial charge is 0.330 e. The Labute approximate surface area is 120 Å². The normalized spacial score (nSPS) is 20.4. The lowest BCUT2D eigenvalue weighted by molar-refractivity contribution is 0.227. The molecule has 1 fully saturated rings. The van der Waals surface area contributed by atoms with E-state index in [0.717, 1.165) is 12.5 Å². The van der Waals surface area contributed by atoms with Gasteiger partial charge in [-0.15, -0.1) is 0 Å². The third-order valence-corrected chi connectivity index (χ3v) is 4.21. The molecule has 3 nitrogen and oxygen atoms in total. The van der Waals surface area contributed by atoms with Crippen LogP contribution in [0.15, 0.2) is 0 Å². The molecular formula is C16H35N3. The Hall–Kier alpha value is -0.120. The summed E-state index contributed by atoms with van der Waals surface area (Å²) in [6.07, 6.45) is 7.85. The van der Waals surface area contributed by atoms with Crippen LogP contribution in [0.4, 0.5) is 0 Å². The molecule has 1 aliphatic rings. The molecule has 19 heavy (non-hydrogen) atoms. The molecular weight excluding hydrogens is 234 g/mol. The van der Waals surface area contributed by atoms with Gasteiger partial charge in [0.2, 0.25) is 0 Å². The number of hydrogen-bond acceptors (Lipinski definition) is 3. The van der Waals surface area contributed by atoms with Crippen LogP contribution in [-0.2, 0) is 0 Å². The lowest BCUT2D eigenvalue weighted by Crippen LogP contribution is -2.33. The Bertz CT molecular complexity index is 208. The van der Waals surface area contributed by atoms with Gasteiger partial charge in [-0.25, -0.2) is 0 Å². The number of nitrogens with zero attached hydrogens (tertiary/aromatic N) is 2. The molecule has 1 saturated heterocycles. The van der Waals surface area contributed by atoms with Crippen molar-refractivity contribution in [1.82, 2.24) is 9.80 Å². The zero-order valence-corrected chi connectivity index (χ0v) is 13.2. The Kier molecular flexibility index (Phi) is 9.48. The summed E-state index contributed by atoms with van der Waals surface area (Å²) in [6.45, 7) is 13.2. The summed E-state index contributed by atoms with van der Waals surface area (Å²) in [5.74, 6) is 0.862. The molecule has 1 aliphatic heterocycles. The Morgan fingerprint density at radius 1 is 1.00 bits per heavy atom. The van der Waals surface area contributed by atoms with Crippen LogP contribution in [0.2, 0.25) is 0 Å². The summed E-state index contributed by atoms with van der Waals surface area (Å²) in [7, 11) is 0. The van der Waals surface area contributed by atoms with E-state index in [1.165, 1.54) is 77.8 Å². The molecule has 1 atom stereocenters. The third-order valence-electron chi connectivity index (χ3n) is 4.21. The van der Waals surface area contributed by atoms with Crippen molar-refractivity contribution in [2.75, 3.05) is 45.8 Å². The minimum atomic E-state index is 0.850. The van der Waals surface area contributed by atoms with Crippen molar-refractivity contribution >= 4 is 0 Å². The van der Waals surface area contributed by atoms with E-state index in [0.29, 0.717) is 0 Å². The quantitative estimate of drug-likeness (QED) is 0.653. The predicted molar refractivity (Wildman–Crippen MR) is 84.5 cm³/mol. The van der Waals surface area contributed by atoms with E-state index in [2.05, 4.69) is 23.6 Å². The summed E-state index contributed by atoms with van der Waals surface area (Å²) in [6, 6.07) is 0. The maximum Gasteiger partial charge on any atom is 0.0109 e. The van der Waals surface area contributed by atoms with Crippen molar-refractivity contribution in [2.24, 2.45) is 11.7 Å². The van der Waals surface area contributed by atoms with Gasteiger partial charge in [0.05, 0.1) is 0 Å². The van der Waals surface area contributed by atoms with Crippen molar-refractivity contribution in [1.29, 1.82) is 0 Å². The van der Waals surface area contributed by atoms with Crippen LogP contribution >= 0.6 is 0 Å². The number of rotatable bonds is 9. The van der Waals surface area contributed by atoms with Gasteiger partial charge in [-0.2, -0.15) is 0 Å².